The molecule has 0 spiro atoms. The minimum absolute atomic E-state index is 0.229. The second-order valence-corrected chi connectivity index (χ2v) is 5.28. The predicted octanol–water partition coefficient (Wildman–Crippen LogP) is 4.77. The topological polar surface area (TPSA) is 0 Å². The zero-order valence-electron chi connectivity index (χ0n) is 9.59. The van der Waals surface area contributed by atoms with Gasteiger partial charge in [-0.1, -0.05) is 36.6 Å². The van der Waals surface area contributed by atoms with Crippen LogP contribution in [0.1, 0.15) is 47.8 Å². The normalized spacial score (nSPS) is 19.4. The lowest BCUT2D eigenvalue weighted by Crippen LogP contribution is -2.05. The first-order chi connectivity index (χ1) is 7.18. The van der Waals surface area contributed by atoms with Crippen molar-refractivity contribution < 1.29 is 0 Å². The summed E-state index contributed by atoms with van der Waals surface area (Å²) in [7, 11) is 0. The van der Waals surface area contributed by atoms with Crippen molar-refractivity contribution >= 4 is 11.6 Å². The Morgan fingerprint density at radius 3 is 2.53 bits per heavy atom. The highest BCUT2D eigenvalue weighted by Crippen LogP contribution is 2.41. The highest BCUT2D eigenvalue weighted by molar-refractivity contribution is 6.21. The highest BCUT2D eigenvalue weighted by Gasteiger charge is 2.25. The van der Waals surface area contributed by atoms with E-state index >= 15 is 0 Å². The van der Waals surface area contributed by atoms with Gasteiger partial charge in [0, 0.05) is 0 Å². The van der Waals surface area contributed by atoms with Crippen LogP contribution in [-0.2, 0) is 0 Å². The van der Waals surface area contributed by atoms with E-state index in [4.69, 9.17) is 11.6 Å². The Labute approximate surface area is 97.6 Å². The molecule has 1 heteroatoms. The summed E-state index contributed by atoms with van der Waals surface area (Å²) in [4.78, 5) is 0. The van der Waals surface area contributed by atoms with Crippen LogP contribution in [0.5, 0.6) is 0 Å². The van der Waals surface area contributed by atoms with Crippen LogP contribution < -0.4 is 0 Å². The molecule has 1 aromatic carbocycles. The average Bonchev–Trinajstić information content (AvgIpc) is 2.74. The minimum Gasteiger partial charge on any atom is -0.118 e. The number of hydrogen-bond donors (Lipinski definition) is 0. The molecule has 0 aliphatic heterocycles. The molecule has 1 saturated carbocycles. The van der Waals surface area contributed by atoms with Crippen molar-refractivity contribution in [3.8, 4) is 0 Å². The summed E-state index contributed by atoms with van der Waals surface area (Å²) < 4.78 is 0. The lowest BCUT2D eigenvalue weighted by atomic mass is 9.93. The maximum absolute atomic E-state index is 6.59. The Hall–Kier alpha value is -0.490. The summed E-state index contributed by atoms with van der Waals surface area (Å²) in [6.45, 7) is 4.31. The van der Waals surface area contributed by atoms with Gasteiger partial charge in [0.1, 0.15) is 0 Å². The van der Waals surface area contributed by atoms with Gasteiger partial charge in [0.15, 0.2) is 0 Å². The molecule has 0 N–H and O–H groups in total. The van der Waals surface area contributed by atoms with Crippen LogP contribution in [0.2, 0.25) is 0 Å². The molecule has 1 unspecified atom stereocenters. The Morgan fingerprint density at radius 2 is 1.87 bits per heavy atom. The maximum atomic E-state index is 6.59. The van der Waals surface area contributed by atoms with E-state index in [0.29, 0.717) is 5.92 Å². The molecule has 0 amide bonds. The minimum atomic E-state index is 0.229. The summed E-state index contributed by atoms with van der Waals surface area (Å²) in [5, 5.41) is 0.229. The molecule has 82 valence electrons. The zero-order chi connectivity index (χ0) is 10.8. The van der Waals surface area contributed by atoms with Gasteiger partial charge in [0.25, 0.3) is 0 Å². The lowest BCUT2D eigenvalue weighted by Gasteiger charge is -2.19. The van der Waals surface area contributed by atoms with E-state index in [0.717, 1.165) is 0 Å². The van der Waals surface area contributed by atoms with Gasteiger partial charge in [-0.2, -0.15) is 0 Å². The number of aryl methyl sites for hydroxylation is 2. The van der Waals surface area contributed by atoms with E-state index < -0.39 is 0 Å². The van der Waals surface area contributed by atoms with E-state index in [1.165, 1.54) is 42.4 Å². The van der Waals surface area contributed by atoms with Crippen LogP contribution in [-0.4, -0.2) is 0 Å². The molecule has 0 heterocycles. The van der Waals surface area contributed by atoms with Crippen molar-refractivity contribution in [3.05, 3.63) is 34.9 Å². The smallest absolute Gasteiger partial charge is 0.0616 e. The first-order valence-corrected chi connectivity index (χ1v) is 6.33. The van der Waals surface area contributed by atoms with Crippen LogP contribution in [0.4, 0.5) is 0 Å². The molecule has 1 aliphatic rings. The van der Waals surface area contributed by atoms with Gasteiger partial charge >= 0.3 is 0 Å². The van der Waals surface area contributed by atoms with Gasteiger partial charge in [-0.25, -0.2) is 0 Å². The third kappa shape index (κ3) is 2.36. The number of hydrogen-bond acceptors (Lipinski definition) is 0. The number of benzene rings is 1. The molecule has 1 aliphatic carbocycles. The molecule has 0 aromatic heterocycles. The Balaban J connectivity index is 2.23. The lowest BCUT2D eigenvalue weighted by molar-refractivity contribution is 0.527. The number of halogens is 1. The monoisotopic (exact) mass is 222 g/mol. The van der Waals surface area contributed by atoms with Gasteiger partial charge in [-0.15, -0.1) is 11.6 Å². The fourth-order valence-corrected chi connectivity index (χ4v) is 3.05. The molecule has 15 heavy (non-hydrogen) atoms. The van der Waals surface area contributed by atoms with Crippen LogP contribution in [0.3, 0.4) is 0 Å². The Morgan fingerprint density at radius 1 is 1.20 bits per heavy atom. The maximum Gasteiger partial charge on any atom is 0.0616 e. The molecule has 0 radical (unpaired) electrons. The Bertz CT molecular complexity index is 337. The van der Waals surface area contributed by atoms with E-state index in [1.54, 1.807) is 0 Å². The van der Waals surface area contributed by atoms with Crippen LogP contribution >= 0.6 is 11.6 Å². The van der Waals surface area contributed by atoms with Crippen LogP contribution in [0.25, 0.3) is 0 Å². The molecule has 2 rings (SSSR count). The first kappa shape index (κ1) is 11.0. The third-order valence-corrected chi connectivity index (χ3v) is 4.14. The molecule has 1 atom stereocenters. The third-order valence-electron chi connectivity index (χ3n) is 3.55. The van der Waals surface area contributed by atoms with Crippen LogP contribution in [0, 0.1) is 19.8 Å². The highest BCUT2D eigenvalue weighted by atomic mass is 35.5. The van der Waals surface area contributed by atoms with Crippen molar-refractivity contribution in [2.45, 2.75) is 44.9 Å². The van der Waals surface area contributed by atoms with E-state index in [1.807, 2.05) is 0 Å². The summed E-state index contributed by atoms with van der Waals surface area (Å²) >= 11 is 6.59. The molecular formula is C14H19Cl. The number of rotatable bonds is 2. The quantitative estimate of drug-likeness (QED) is 0.633. The summed E-state index contributed by atoms with van der Waals surface area (Å²) in [5.74, 6) is 0.701. The Kier molecular flexibility index (Phi) is 3.35. The summed E-state index contributed by atoms with van der Waals surface area (Å²) in [6, 6.07) is 6.61. The van der Waals surface area contributed by atoms with Crippen molar-refractivity contribution in [1.82, 2.24) is 0 Å². The molecule has 1 aromatic rings. The van der Waals surface area contributed by atoms with Gasteiger partial charge in [0.2, 0.25) is 0 Å². The summed E-state index contributed by atoms with van der Waals surface area (Å²) in [5.41, 5.74) is 4.01. The van der Waals surface area contributed by atoms with E-state index in [-0.39, 0.29) is 5.38 Å². The van der Waals surface area contributed by atoms with E-state index in [2.05, 4.69) is 32.0 Å². The second kappa shape index (κ2) is 4.57. The van der Waals surface area contributed by atoms with E-state index in [9.17, 15) is 0 Å². The molecule has 0 saturated heterocycles. The fraction of sp³-hybridized carbons (Fsp3) is 0.571. The number of alkyl halides is 1. The van der Waals surface area contributed by atoms with Gasteiger partial charge in [-0.05, 0) is 43.7 Å². The average molecular weight is 223 g/mol. The molecule has 1 fully saturated rings. The first-order valence-electron chi connectivity index (χ1n) is 5.89. The van der Waals surface area contributed by atoms with Gasteiger partial charge < -0.3 is 0 Å². The van der Waals surface area contributed by atoms with Crippen molar-refractivity contribution in [2.75, 3.05) is 0 Å². The van der Waals surface area contributed by atoms with Crippen molar-refractivity contribution in [1.29, 1.82) is 0 Å². The molecule has 0 bridgehead atoms. The van der Waals surface area contributed by atoms with Gasteiger partial charge in [0.05, 0.1) is 5.38 Å². The SMILES string of the molecule is Cc1ccc(C)c(C(Cl)C2CCCC2)c1. The fourth-order valence-electron chi connectivity index (χ4n) is 2.56. The zero-order valence-corrected chi connectivity index (χ0v) is 10.3. The van der Waals surface area contributed by atoms with Crippen molar-refractivity contribution in [2.24, 2.45) is 5.92 Å². The molecule has 0 nitrogen and oxygen atoms in total. The van der Waals surface area contributed by atoms with Gasteiger partial charge in [-0.3, -0.25) is 0 Å². The van der Waals surface area contributed by atoms with Crippen LogP contribution in [0.15, 0.2) is 18.2 Å². The standard InChI is InChI=1S/C14H19Cl/c1-10-7-8-11(2)13(9-10)14(15)12-5-3-4-6-12/h7-9,12,14H,3-6H2,1-2H3. The largest absolute Gasteiger partial charge is 0.118 e. The summed E-state index contributed by atoms with van der Waals surface area (Å²) in [6.07, 6.45) is 5.33. The predicted molar refractivity (Wildman–Crippen MR) is 66.5 cm³/mol. The van der Waals surface area contributed by atoms with Crippen molar-refractivity contribution in [3.63, 3.8) is 0 Å². The molecular weight excluding hydrogens is 204 g/mol. The second-order valence-electron chi connectivity index (χ2n) is 4.81.